The molecule has 0 heterocycles. The summed E-state index contributed by atoms with van der Waals surface area (Å²) in [5.41, 5.74) is -2.54. The van der Waals surface area contributed by atoms with E-state index in [4.69, 9.17) is 10.2 Å². The summed E-state index contributed by atoms with van der Waals surface area (Å²) < 4.78 is 4.65. The molecule has 3 N–H and O–H groups in total. The molecule has 0 saturated carbocycles. The number of ether oxygens (including phenoxy) is 1. The molecule has 0 bridgehead atoms. The molecule has 8 heteroatoms. The molecule has 2 atom stereocenters. The fourth-order valence-corrected chi connectivity index (χ4v) is 1.73. The normalized spacial score (nSPS) is 23.8. The van der Waals surface area contributed by atoms with E-state index in [-0.39, 0.29) is 0 Å². The highest BCUT2D eigenvalue weighted by atomic mass is 16.5. The molecule has 21 heavy (non-hydrogen) atoms. The number of carbonyl (C=O) groups excluding carboxylic acids is 1. The van der Waals surface area contributed by atoms with Crippen molar-refractivity contribution in [3.8, 4) is 0 Å². The number of hydrogen-bond acceptors (Lipinski definition) is 5. The van der Waals surface area contributed by atoms with Gasteiger partial charge in [0.05, 0.1) is 5.57 Å². The Morgan fingerprint density at radius 1 is 1.29 bits per heavy atom. The van der Waals surface area contributed by atoms with Crippen molar-refractivity contribution in [2.45, 2.75) is 0 Å². The van der Waals surface area contributed by atoms with Gasteiger partial charge in [-0.15, -0.1) is 0 Å². The SMILES string of the molecule is C=CC(=O)OCC1(C(=O)O)C=CC(C(=O)O)C(C(=O)O)=C1. The molecule has 8 nitrogen and oxygen atoms in total. The second-order valence-corrected chi connectivity index (χ2v) is 4.24. The molecule has 0 amide bonds. The maximum atomic E-state index is 11.4. The van der Waals surface area contributed by atoms with E-state index in [9.17, 15) is 24.3 Å². The third kappa shape index (κ3) is 3.35. The fraction of sp³-hybridized carbons (Fsp3) is 0.231. The van der Waals surface area contributed by atoms with Gasteiger partial charge in [-0.25, -0.2) is 9.59 Å². The fourth-order valence-electron chi connectivity index (χ4n) is 1.73. The monoisotopic (exact) mass is 296 g/mol. The molecule has 0 radical (unpaired) electrons. The summed E-state index contributed by atoms with van der Waals surface area (Å²) in [5.74, 6) is -6.81. The van der Waals surface area contributed by atoms with Crippen LogP contribution in [0.15, 0.2) is 36.5 Å². The van der Waals surface area contributed by atoms with Gasteiger partial charge in [0.25, 0.3) is 0 Å². The van der Waals surface area contributed by atoms with Crippen LogP contribution >= 0.6 is 0 Å². The van der Waals surface area contributed by atoms with Crippen LogP contribution in [0.3, 0.4) is 0 Å². The minimum atomic E-state index is -1.93. The first-order chi connectivity index (χ1) is 9.73. The quantitative estimate of drug-likeness (QED) is 0.355. The molecule has 0 aromatic carbocycles. The molecular formula is C13H12O8. The number of esters is 1. The van der Waals surface area contributed by atoms with Gasteiger partial charge in [0, 0.05) is 6.08 Å². The first kappa shape index (κ1) is 16.2. The second-order valence-electron chi connectivity index (χ2n) is 4.24. The van der Waals surface area contributed by atoms with Crippen LogP contribution in [0.4, 0.5) is 0 Å². The maximum absolute atomic E-state index is 11.4. The van der Waals surface area contributed by atoms with Gasteiger partial charge in [-0.3, -0.25) is 9.59 Å². The first-order valence-corrected chi connectivity index (χ1v) is 5.64. The van der Waals surface area contributed by atoms with Gasteiger partial charge in [-0.1, -0.05) is 18.7 Å². The lowest BCUT2D eigenvalue weighted by atomic mass is 9.78. The Morgan fingerprint density at radius 2 is 1.90 bits per heavy atom. The number of rotatable bonds is 6. The van der Waals surface area contributed by atoms with Crippen LogP contribution in [0.2, 0.25) is 0 Å². The van der Waals surface area contributed by atoms with Gasteiger partial charge in [0.2, 0.25) is 0 Å². The van der Waals surface area contributed by atoms with Gasteiger partial charge >= 0.3 is 23.9 Å². The van der Waals surface area contributed by atoms with E-state index in [1.165, 1.54) is 0 Å². The third-order valence-corrected chi connectivity index (χ3v) is 2.87. The Balaban J connectivity index is 3.22. The Bertz CT molecular complexity index is 571. The standard InChI is InChI=1S/C13H12O8/c1-2-9(14)21-6-13(12(19)20)4-3-7(10(15)16)8(5-13)11(17)18/h2-5,7H,1,6H2,(H,15,16)(H,17,18)(H,19,20). The molecule has 0 aromatic rings. The topological polar surface area (TPSA) is 138 Å². The van der Waals surface area contributed by atoms with Crippen LogP contribution in [0.5, 0.6) is 0 Å². The molecule has 0 spiro atoms. The van der Waals surface area contributed by atoms with Gasteiger partial charge in [-0.2, -0.15) is 0 Å². The molecule has 0 aliphatic heterocycles. The van der Waals surface area contributed by atoms with Gasteiger partial charge in [-0.05, 0) is 6.08 Å². The van der Waals surface area contributed by atoms with Crippen molar-refractivity contribution in [3.05, 3.63) is 36.5 Å². The van der Waals surface area contributed by atoms with Crippen LogP contribution < -0.4 is 0 Å². The average molecular weight is 296 g/mol. The summed E-state index contributed by atoms with van der Waals surface area (Å²) >= 11 is 0. The van der Waals surface area contributed by atoms with Crippen LogP contribution in [0.1, 0.15) is 0 Å². The summed E-state index contributed by atoms with van der Waals surface area (Å²) in [6, 6.07) is 0. The van der Waals surface area contributed by atoms with Crippen molar-refractivity contribution < 1.29 is 39.2 Å². The number of carboxylic acids is 3. The number of carbonyl (C=O) groups is 4. The highest BCUT2D eigenvalue weighted by Gasteiger charge is 2.42. The van der Waals surface area contributed by atoms with Crippen LogP contribution in [0.25, 0.3) is 0 Å². The predicted octanol–water partition coefficient (Wildman–Crippen LogP) is 0.0682. The van der Waals surface area contributed by atoms with Crippen molar-refractivity contribution in [1.29, 1.82) is 0 Å². The Labute approximate surface area is 118 Å². The van der Waals surface area contributed by atoms with Crippen LogP contribution in [-0.2, 0) is 23.9 Å². The highest BCUT2D eigenvalue weighted by Crippen LogP contribution is 2.33. The Morgan fingerprint density at radius 3 is 2.33 bits per heavy atom. The maximum Gasteiger partial charge on any atom is 0.332 e. The summed E-state index contributed by atoms with van der Waals surface area (Å²) in [5, 5.41) is 27.2. The summed E-state index contributed by atoms with van der Waals surface area (Å²) in [6.45, 7) is 2.47. The van der Waals surface area contributed by atoms with Gasteiger partial charge < -0.3 is 20.1 Å². The van der Waals surface area contributed by atoms with E-state index in [0.29, 0.717) is 0 Å². The third-order valence-electron chi connectivity index (χ3n) is 2.87. The molecular weight excluding hydrogens is 284 g/mol. The lowest BCUT2D eigenvalue weighted by Crippen LogP contribution is -2.37. The van der Waals surface area contributed by atoms with Crippen molar-refractivity contribution in [2.24, 2.45) is 11.3 Å². The van der Waals surface area contributed by atoms with Crippen LogP contribution in [-0.4, -0.2) is 45.8 Å². The zero-order chi connectivity index (χ0) is 16.2. The largest absolute Gasteiger partial charge is 0.481 e. The lowest BCUT2D eigenvalue weighted by Gasteiger charge is -2.27. The predicted molar refractivity (Wildman–Crippen MR) is 67.2 cm³/mol. The van der Waals surface area contributed by atoms with Crippen molar-refractivity contribution in [2.75, 3.05) is 6.61 Å². The highest BCUT2D eigenvalue weighted by molar-refractivity contribution is 5.97. The first-order valence-electron chi connectivity index (χ1n) is 5.64. The van der Waals surface area contributed by atoms with E-state index in [2.05, 4.69) is 11.3 Å². The number of aliphatic carboxylic acids is 3. The van der Waals surface area contributed by atoms with E-state index in [0.717, 1.165) is 24.3 Å². The smallest absolute Gasteiger partial charge is 0.332 e. The van der Waals surface area contributed by atoms with Crippen LogP contribution in [0, 0.1) is 11.3 Å². The van der Waals surface area contributed by atoms with Crippen molar-refractivity contribution >= 4 is 23.9 Å². The molecule has 0 saturated heterocycles. The van der Waals surface area contributed by atoms with Crippen molar-refractivity contribution in [3.63, 3.8) is 0 Å². The molecule has 2 unspecified atom stereocenters. The Kier molecular flexibility index (Phi) is 4.64. The molecule has 112 valence electrons. The zero-order valence-corrected chi connectivity index (χ0v) is 10.7. The number of carboxylic acid groups (broad SMARTS) is 3. The van der Waals surface area contributed by atoms with Gasteiger partial charge in [0.15, 0.2) is 0 Å². The van der Waals surface area contributed by atoms with E-state index in [1.54, 1.807) is 0 Å². The van der Waals surface area contributed by atoms with E-state index in [1.807, 2.05) is 0 Å². The Hall–Kier alpha value is -2.90. The average Bonchev–Trinajstić information content (AvgIpc) is 2.43. The molecule has 1 aliphatic rings. The van der Waals surface area contributed by atoms with Crippen molar-refractivity contribution in [1.82, 2.24) is 0 Å². The van der Waals surface area contributed by atoms with E-state index < -0.39 is 47.4 Å². The second kappa shape index (κ2) is 6.04. The van der Waals surface area contributed by atoms with E-state index >= 15 is 0 Å². The minimum Gasteiger partial charge on any atom is -0.481 e. The lowest BCUT2D eigenvalue weighted by molar-refractivity contribution is -0.151. The molecule has 0 aromatic heterocycles. The van der Waals surface area contributed by atoms with Gasteiger partial charge in [0.1, 0.15) is 17.9 Å². The molecule has 1 aliphatic carbocycles. The molecule has 1 rings (SSSR count). The minimum absolute atomic E-state index is 0.609. The summed E-state index contributed by atoms with van der Waals surface area (Å²) in [6.07, 6.45) is 3.54. The number of hydrogen-bond donors (Lipinski definition) is 3. The molecule has 0 fully saturated rings. The zero-order valence-electron chi connectivity index (χ0n) is 10.7. The summed E-state index contributed by atoms with van der Waals surface area (Å²) in [7, 11) is 0. The summed E-state index contributed by atoms with van der Waals surface area (Å²) in [4.78, 5) is 44.4.